The van der Waals surface area contributed by atoms with E-state index < -0.39 is 11.0 Å². The van der Waals surface area contributed by atoms with Gasteiger partial charge in [-0.2, -0.15) is 0 Å². The van der Waals surface area contributed by atoms with Crippen molar-refractivity contribution in [2.24, 2.45) is 17.8 Å². The number of allylic oxidation sites excluding steroid dienone is 1. The van der Waals surface area contributed by atoms with Crippen LogP contribution < -0.4 is 14.4 Å². The molecule has 42 heavy (non-hydrogen) atoms. The Morgan fingerprint density at radius 1 is 1.21 bits per heavy atom. The molecule has 1 aliphatic carbocycles. The largest absolute Gasteiger partial charge is 0.491 e. The van der Waals surface area contributed by atoms with Gasteiger partial charge >= 0.3 is 0 Å². The Morgan fingerprint density at radius 2 is 2.02 bits per heavy atom. The van der Waals surface area contributed by atoms with E-state index in [1.54, 1.807) is 13.2 Å². The van der Waals surface area contributed by atoms with Crippen molar-refractivity contribution in [2.45, 2.75) is 71.0 Å². The molecule has 6 nitrogen and oxygen atoms in total. The Bertz CT molecular complexity index is 1270. The first kappa shape index (κ1) is 32.6. The monoisotopic (exact) mass is 614 g/mol. The van der Waals surface area contributed by atoms with Crippen molar-refractivity contribution in [2.75, 3.05) is 38.3 Å². The van der Waals surface area contributed by atoms with E-state index in [1.165, 1.54) is 17.5 Å². The van der Waals surface area contributed by atoms with Gasteiger partial charge < -0.3 is 14.4 Å². The highest BCUT2D eigenvalue weighted by molar-refractivity contribution is 7.84. The number of ether oxygens (including phenoxy) is 2. The van der Waals surface area contributed by atoms with E-state index in [0.29, 0.717) is 29.9 Å². The fourth-order valence-corrected chi connectivity index (χ4v) is 6.95. The van der Waals surface area contributed by atoms with E-state index in [0.717, 1.165) is 61.8 Å². The van der Waals surface area contributed by atoms with E-state index in [1.807, 2.05) is 32.0 Å². The maximum absolute atomic E-state index is 13.1. The maximum atomic E-state index is 13.1. The standard InChI is InChI=1S/C34H47ClN2O4S/c1-6-8-10-27(21-40-5)31-14-11-26(31)19-37-20-28(30-15-13-29(35)17-24(30)9-7-2)22-41-33-16-12-25(18-32(33)37)34(38)36-42(39)23(3)4/h8,10,12-13,15-18,23,26-28,31H,6-7,9,11,14,19-22H2,1-5H3,(H,36,38)/b10-8+. The molecule has 2 aliphatic rings. The number of amides is 1. The number of aryl methyl sites for hydroxylation is 1. The number of hydrogen-bond donors (Lipinski definition) is 1. The van der Waals surface area contributed by atoms with E-state index in [9.17, 15) is 9.00 Å². The number of fused-ring (bicyclic) bond motifs is 1. The molecule has 0 saturated heterocycles. The van der Waals surface area contributed by atoms with E-state index >= 15 is 0 Å². The molecule has 5 atom stereocenters. The van der Waals surface area contributed by atoms with Gasteiger partial charge in [0.25, 0.3) is 5.91 Å². The van der Waals surface area contributed by atoms with Gasteiger partial charge in [-0.05, 0) is 92.8 Å². The third-order valence-corrected chi connectivity index (χ3v) is 10.1. The summed E-state index contributed by atoms with van der Waals surface area (Å²) in [6.07, 6.45) is 9.97. The lowest BCUT2D eigenvalue weighted by Gasteiger charge is -2.44. The lowest BCUT2D eigenvalue weighted by Crippen LogP contribution is -2.43. The Hall–Kier alpha value is -2.35. The number of carbonyl (C=O) groups is 1. The van der Waals surface area contributed by atoms with Gasteiger partial charge in [0.15, 0.2) is 0 Å². The third-order valence-electron chi connectivity index (χ3n) is 8.59. The lowest BCUT2D eigenvalue weighted by atomic mass is 9.66. The van der Waals surface area contributed by atoms with Gasteiger partial charge in [-0.15, -0.1) is 0 Å². The highest BCUT2D eigenvalue weighted by atomic mass is 35.5. The van der Waals surface area contributed by atoms with Crippen molar-refractivity contribution >= 4 is 34.2 Å². The summed E-state index contributed by atoms with van der Waals surface area (Å²) < 4.78 is 27.1. The summed E-state index contributed by atoms with van der Waals surface area (Å²) >= 11 is 6.41. The molecule has 1 saturated carbocycles. The number of hydrogen-bond acceptors (Lipinski definition) is 5. The molecule has 0 bridgehead atoms. The normalized spacial score (nSPS) is 21.8. The molecular weight excluding hydrogens is 568 g/mol. The lowest BCUT2D eigenvalue weighted by molar-refractivity contribution is 0.0688. The van der Waals surface area contributed by atoms with Crippen molar-refractivity contribution in [1.82, 2.24) is 4.72 Å². The zero-order valence-electron chi connectivity index (χ0n) is 25.7. The number of benzene rings is 2. The number of methoxy groups -OCH3 is 1. The molecule has 0 aromatic heterocycles. The second kappa shape index (κ2) is 15.4. The van der Waals surface area contributed by atoms with Crippen LogP contribution in [0.15, 0.2) is 48.6 Å². The molecule has 4 rings (SSSR count). The fraction of sp³-hybridized carbons (Fsp3) is 0.559. The van der Waals surface area contributed by atoms with Crippen LogP contribution in [0.4, 0.5) is 5.69 Å². The summed E-state index contributed by atoms with van der Waals surface area (Å²) in [7, 11) is 0.340. The fourth-order valence-electron chi connectivity index (χ4n) is 6.22. The average Bonchev–Trinajstić information content (AvgIpc) is 3.13. The first-order valence-corrected chi connectivity index (χ1v) is 17.0. The molecule has 2 aromatic rings. The molecule has 1 fully saturated rings. The first-order chi connectivity index (χ1) is 20.2. The average molecular weight is 615 g/mol. The Kier molecular flexibility index (Phi) is 11.9. The quantitative estimate of drug-likeness (QED) is 0.239. The molecule has 1 aliphatic heterocycles. The van der Waals surface area contributed by atoms with Crippen molar-refractivity contribution < 1.29 is 18.5 Å². The summed E-state index contributed by atoms with van der Waals surface area (Å²) in [6, 6.07) is 11.8. The number of carbonyl (C=O) groups excluding carboxylic acids is 1. The number of rotatable bonds is 13. The van der Waals surface area contributed by atoms with Crippen molar-refractivity contribution in [1.29, 1.82) is 0 Å². The zero-order chi connectivity index (χ0) is 30.2. The molecule has 230 valence electrons. The molecule has 1 N–H and O–H groups in total. The Labute approximate surface area is 259 Å². The smallest absolute Gasteiger partial charge is 0.263 e. The molecular formula is C34H47ClN2O4S. The minimum Gasteiger partial charge on any atom is -0.491 e. The van der Waals surface area contributed by atoms with Gasteiger partial charge in [0.2, 0.25) is 0 Å². The van der Waals surface area contributed by atoms with Crippen molar-refractivity contribution in [3.63, 3.8) is 0 Å². The minimum atomic E-state index is -1.44. The van der Waals surface area contributed by atoms with Gasteiger partial charge in [-0.1, -0.05) is 50.1 Å². The van der Waals surface area contributed by atoms with Gasteiger partial charge in [0.1, 0.15) is 16.7 Å². The highest BCUT2D eigenvalue weighted by Gasteiger charge is 2.38. The van der Waals surface area contributed by atoms with Gasteiger partial charge in [-0.3, -0.25) is 9.52 Å². The van der Waals surface area contributed by atoms with Crippen LogP contribution >= 0.6 is 11.6 Å². The van der Waals surface area contributed by atoms with E-state index in [4.69, 9.17) is 21.1 Å². The van der Waals surface area contributed by atoms with Crippen LogP contribution in [0.5, 0.6) is 5.75 Å². The van der Waals surface area contributed by atoms with Crippen LogP contribution in [0.1, 0.15) is 80.8 Å². The van der Waals surface area contributed by atoms with Gasteiger partial charge in [0, 0.05) is 47.9 Å². The summed E-state index contributed by atoms with van der Waals surface area (Å²) in [5.74, 6) is 2.03. The number of nitrogens with zero attached hydrogens (tertiary/aromatic N) is 1. The van der Waals surface area contributed by atoms with Gasteiger partial charge in [0.05, 0.1) is 18.9 Å². The predicted molar refractivity (Wildman–Crippen MR) is 174 cm³/mol. The summed E-state index contributed by atoms with van der Waals surface area (Å²) in [5, 5.41) is 0.595. The van der Waals surface area contributed by atoms with E-state index in [2.05, 4.69) is 47.8 Å². The summed E-state index contributed by atoms with van der Waals surface area (Å²) in [6.45, 7) is 10.9. The molecule has 2 aromatic carbocycles. The topological polar surface area (TPSA) is 67.9 Å². The Morgan fingerprint density at radius 3 is 2.69 bits per heavy atom. The van der Waals surface area contributed by atoms with Crippen molar-refractivity contribution in [3.05, 3.63) is 70.3 Å². The molecule has 0 radical (unpaired) electrons. The summed E-state index contributed by atoms with van der Waals surface area (Å²) in [4.78, 5) is 15.5. The molecule has 1 amide bonds. The van der Waals surface area contributed by atoms with Crippen LogP contribution in [-0.2, 0) is 22.1 Å². The Balaban J connectivity index is 1.67. The number of anilines is 1. The summed E-state index contributed by atoms with van der Waals surface area (Å²) in [5.41, 5.74) is 3.95. The number of nitrogens with one attached hydrogen (secondary N) is 1. The van der Waals surface area contributed by atoms with Crippen LogP contribution in [0, 0.1) is 17.8 Å². The van der Waals surface area contributed by atoms with Crippen LogP contribution in [0.2, 0.25) is 5.02 Å². The molecule has 8 heteroatoms. The zero-order valence-corrected chi connectivity index (χ0v) is 27.3. The maximum Gasteiger partial charge on any atom is 0.263 e. The molecule has 0 spiro atoms. The van der Waals surface area contributed by atoms with Gasteiger partial charge in [-0.25, -0.2) is 4.21 Å². The molecule has 5 unspecified atom stereocenters. The highest BCUT2D eigenvalue weighted by Crippen LogP contribution is 2.44. The number of halogens is 1. The second-order valence-corrected chi connectivity index (χ2v) is 14.1. The van der Waals surface area contributed by atoms with Crippen LogP contribution in [-0.4, -0.2) is 48.8 Å². The second-order valence-electron chi connectivity index (χ2n) is 11.9. The van der Waals surface area contributed by atoms with E-state index in [-0.39, 0.29) is 17.1 Å². The van der Waals surface area contributed by atoms with Crippen LogP contribution in [0.3, 0.4) is 0 Å². The van der Waals surface area contributed by atoms with Crippen LogP contribution in [0.25, 0.3) is 0 Å². The predicted octanol–water partition coefficient (Wildman–Crippen LogP) is 7.33. The SMILES string of the molecule is CC/C=C/C(COC)C1CCC1CN1CC(c2ccc(Cl)cc2CCC)COc2ccc(C(=O)NS(=O)C(C)C)cc21. The minimum absolute atomic E-state index is 0.148. The first-order valence-electron chi connectivity index (χ1n) is 15.4. The van der Waals surface area contributed by atoms with Crippen molar-refractivity contribution in [3.8, 4) is 5.75 Å². The molecule has 1 heterocycles. The third kappa shape index (κ3) is 7.97.